The second kappa shape index (κ2) is 4.99. The van der Waals surface area contributed by atoms with Gasteiger partial charge in [-0.3, -0.25) is 0 Å². The third kappa shape index (κ3) is 2.11. The van der Waals surface area contributed by atoms with Crippen LogP contribution in [0.1, 0.15) is 36.5 Å². The van der Waals surface area contributed by atoms with Crippen LogP contribution in [0, 0.1) is 13.8 Å². The van der Waals surface area contributed by atoms with Crippen molar-refractivity contribution in [1.82, 2.24) is 14.0 Å². The quantitative estimate of drug-likeness (QED) is 0.872. The smallest absolute Gasteiger partial charge is 0.249 e. The van der Waals surface area contributed by atoms with E-state index < -0.39 is 10.0 Å². The van der Waals surface area contributed by atoms with Gasteiger partial charge in [-0.15, -0.1) is 0 Å². The fraction of sp³-hybridized carbons (Fsp3) is 0.500. The standard InChI is InChI=1S/C14H19N3O3S/c1-4-12-13-6-5-7-16(13)8-9-17(12)21(18,19)14-10(2)15-20-11(14)3/h5-7,12H,4,8-9H2,1-3H3/t12-/m1/s1. The molecule has 21 heavy (non-hydrogen) atoms. The summed E-state index contributed by atoms with van der Waals surface area (Å²) < 4.78 is 34.7. The number of fused-ring (bicyclic) bond motifs is 1. The van der Waals surface area contributed by atoms with Crippen molar-refractivity contribution in [1.29, 1.82) is 0 Å². The van der Waals surface area contributed by atoms with Gasteiger partial charge in [-0.25, -0.2) is 8.42 Å². The van der Waals surface area contributed by atoms with Crippen molar-refractivity contribution in [2.75, 3.05) is 6.54 Å². The molecule has 1 aliphatic heterocycles. The maximum atomic E-state index is 13.0. The van der Waals surface area contributed by atoms with Crippen molar-refractivity contribution in [3.8, 4) is 0 Å². The van der Waals surface area contributed by atoms with Gasteiger partial charge in [-0.2, -0.15) is 4.31 Å². The van der Waals surface area contributed by atoms with Crippen molar-refractivity contribution in [3.63, 3.8) is 0 Å². The van der Waals surface area contributed by atoms with E-state index in [9.17, 15) is 8.42 Å². The van der Waals surface area contributed by atoms with E-state index in [1.807, 2.05) is 25.3 Å². The van der Waals surface area contributed by atoms with E-state index in [4.69, 9.17) is 4.52 Å². The third-order valence-corrected chi connectivity index (χ3v) is 6.19. The van der Waals surface area contributed by atoms with Gasteiger partial charge < -0.3 is 9.09 Å². The molecule has 2 aromatic heterocycles. The molecular weight excluding hydrogens is 290 g/mol. The molecule has 0 spiro atoms. The monoisotopic (exact) mass is 309 g/mol. The molecule has 0 aromatic carbocycles. The van der Waals surface area contributed by atoms with Gasteiger partial charge in [0, 0.05) is 25.0 Å². The summed E-state index contributed by atoms with van der Waals surface area (Å²) in [5, 5.41) is 3.78. The first-order valence-corrected chi connectivity index (χ1v) is 8.50. The van der Waals surface area contributed by atoms with Crippen LogP contribution in [0.4, 0.5) is 0 Å². The van der Waals surface area contributed by atoms with E-state index in [1.54, 1.807) is 18.2 Å². The Morgan fingerprint density at radius 1 is 1.38 bits per heavy atom. The van der Waals surface area contributed by atoms with E-state index in [-0.39, 0.29) is 10.9 Å². The highest BCUT2D eigenvalue weighted by atomic mass is 32.2. The third-order valence-electron chi connectivity index (χ3n) is 4.04. The fourth-order valence-electron chi connectivity index (χ4n) is 3.10. The number of sulfonamides is 1. The molecule has 0 radical (unpaired) electrons. The van der Waals surface area contributed by atoms with Crippen molar-refractivity contribution in [3.05, 3.63) is 35.5 Å². The molecule has 0 saturated carbocycles. The molecule has 2 aromatic rings. The summed E-state index contributed by atoms with van der Waals surface area (Å²) in [4.78, 5) is 0.209. The lowest BCUT2D eigenvalue weighted by Crippen LogP contribution is -2.41. The Kier molecular flexibility index (Phi) is 3.41. The van der Waals surface area contributed by atoms with Gasteiger partial charge in [-0.1, -0.05) is 12.1 Å². The molecule has 0 N–H and O–H groups in total. The lowest BCUT2D eigenvalue weighted by atomic mass is 10.1. The first kappa shape index (κ1) is 14.3. The minimum atomic E-state index is -3.60. The van der Waals surface area contributed by atoms with Crippen molar-refractivity contribution in [2.45, 2.75) is 44.7 Å². The normalized spacial score (nSPS) is 19.7. The van der Waals surface area contributed by atoms with Crippen LogP contribution in [0.5, 0.6) is 0 Å². The van der Waals surface area contributed by atoms with Crippen molar-refractivity contribution < 1.29 is 12.9 Å². The highest BCUT2D eigenvalue weighted by Crippen LogP contribution is 2.35. The van der Waals surface area contributed by atoms with Gasteiger partial charge in [0.25, 0.3) is 0 Å². The van der Waals surface area contributed by atoms with E-state index in [0.29, 0.717) is 24.5 Å². The van der Waals surface area contributed by atoms with Crippen LogP contribution in [-0.2, 0) is 16.6 Å². The Bertz CT molecular complexity index is 741. The average Bonchev–Trinajstić information content (AvgIpc) is 3.04. The van der Waals surface area contributed by atoms with Crippen LogP contribution in [0.2, 0.25) is 0 Å². The van der Waals surface area contributed by atoms with Gasteiger partial charge in [-0.05, 0) is 32.4 Å². The Labute approximate surface area is 124 Å². The minimum absolute atomic E-state index is 0.146. The molecule has 114 valence electrons. The van der Waals surface area contributed by atoms with Gasteiger partial charge in [0.05, 0.1) is 6.04 Å². The molecule has 7 heteroatoms. The lowest BCUT2D eigenvalue weighted by molar-refractivity contribution is 0.260. The highest BCUT2D eigenvalue weighted by molar-refractivity contribution is 7.89. The number of hydrogen-bond acceptors (Lipinski definition) is 4. The highest BCUT2D eigenvalue weighted by Gasteiger charge is 2.38. The summed E-state index contributed by atoms with van der Waals surface area (Å²) in [5.74, 6) is 0.350. The zero-order chi connectivity index (χ0) is 15.2. The summed E-state index contributed by atoms with van der Waals surface area (Å²) >= 11 is 0. The molecule has 3 rings (SSSR count). The van der Waals surface area contributed by atoms with Gasteiger partial charge >= 0.3 is 0 Å². The Morgan fingerprint density at radius 2 is 2.14 bits per heavy atom. The first-order valence-electron chi connectivity index (χ1n) is 7.06. The molecule has 0 fully saturated rings. The van der Waals surface area contributed by atoms with Crippen LogP contribution in [0.25, 0.3) is 0 Å². The topological polar surface area (TPSA) is 68.3 Å². The number of aromatic nitrogens is 2. The number of rotatable bonds is 3. The molecule has 0 unspecified atom stereocenters. The van der Waals surface area contributed by atoms with E-state index in [1.165, 1.54) is 0 Å². The van der Waals surface area contributed by atoms with Gasteiger partial charge in [0.2, 0.25) is 10.0 Å². The number of nitrogens with zero attached hydrogens (tertiary/aromatic N) is 3. The van der Waals surface area contributed by atoms with Gasteiger partial charge in [0.1, 0.15) is 10.6 Å². The van der Waals surface area contributed by atoms with E-state index in [0.717, 1.165) is 12.1 Å². The second-order valence-electron chi connectivity index (χ2n) is 5.32. The molecule has 1 aliphatic rings. The average molecular weight is 309 g/mol. The number of aryl methyl sites for hydroxylation is 2. The Balaban J connectivity index is 2.08. The molecule has 0 aliphatic carbocycles. The number of hydrogen-bond donors (Lipinski definition) is 0. The van der Waals surface area contributed by atoms with Crippen LogP contribution < -0.4 is 0 Å². The Morgan fingerprint density at radius 3 is 2.76 bits per heavy atom. The van der Waals surface area contributed by atoms with Crippen molar-refractivity contribution in [2.24, 2.45) is 0 Å². The molecule has 0 amide bonds. The maximum absolute atomic E-state index is 13.0. The predicted octanol–water partition coefficient (Wildman–Crippen LogP) is 2.25. The molecule has 0 saturated heterocycles. The fourth-order valence-corrected chi connectivity index (χ4v) is 5.06. The molecule has 1 atom stereocenters. The summed E-state index contributed by atoms with van der Waals surface area (Å²) in [5.41, 5.74) is 1.46. The molecular formula is C14H19N3O3S. The largest absolute Gasteiger partial charge is 0.360 e. The summed E-state index contributed by atoms with van der Waals surface area (Å²) in [6, 6.07) is 3.81. The molecule has 6 nitrogen and oxygen atoms in total. The molecule has 0 bridgehead atoms. The maximum Gasteiger partial charge on any atom is 0.249 e. The lowest BCUT2D eigenvalue weighted by Gasteiger charge is -2.35. The van der Waals surface area contributed by atoms with Crippen LogP contribution in [0.3, 0.4) is 0 Å². The van der Waals surface area contributed by atoms with E-state index in [2.05, 4.69) is 9.72 Å². The summed E-state index contributed by atoms with van der Waals surface area (Å²) in [6.45, 7) is 6.44. The van der Waals surface area contributed by atoms with E-state index >= 15 is 0 Å². The zero-order valence-corrected chi connectivity index (χ0v) is 13.2. The second-order valence-corrected chi connectivity index (χ2v) is 7.15. The summed E-state index contributed by atoms with van der Waals surface area (Å²) in [7, 11) is -3.60. The molecule has 3 heterocycles. The van der Waals surface area contributed by atoms with Crippen LogP contribution >= 0.6 is 0 Å². The Hall–Kier alpha value is -1.60. The minimum Gasteiger partial charge on any atom is -0.360 e. The van der Waals surface area contributed by atoms with Gasteiger partial charge in [0.15, 0.2) is 5.76 Å². The SMILES string of the molecule is CC[C@@H]1c2cccn2CCN1S(=O)(=O)c1c(C)noc1C. The zero-order valence-electron chi connectivity index (χ0n) is 12.4. The van der Waals surface area contributed by atoms with Crippen LogP contribution in [0.15, 0.2) is 27.7 Å². The van der Waals surface area contributed by atoms with Crippen molar-refractivity contribution >= 4 is 10.0 Å². The summed E-state index contributed by atoms with van der Waals surface area (Å²) in [6.07, 6.45) is 2.73. The predicted molar refractivity (Wildman–Crippen MR) is 77.3 cm³/mol. The van der Waals surface area contributed by atoms with Crippen LogP contribution in [-0.4, -0.2) is 29.0 Å². The first-order chi connectivity index (χ1) is 9.96.